The molecule has 0 aliphatic heterocycles. The average molecular weight is 155 g/mol. The van der Waals surface area contributed by atoms with Gasteiger partial charge in [0.15, 0.2) is 0 Å². The molecule has 0 bridgehead atoms. The minimum atomic E-state index is 0. The Bertz CT molecular complexity index is 102. The van der Waals surface area contributed by atoms with Crippen molar-refractivity contribution in [2.24, 2.45) is 5.92 Å². The van der Waals surface area contributed by atoms with Crippen molar-refractivity contribution in [3.63, 3.8) is 0 Å². The van der Waals surface area contributed by atoms with Crippen molar-refractivity contribution in [2.75, 3.05) is 0 Å². The number of hydrogen-bond acceptors (Lipinski definition) is 0. The molecule has 0 aromatic heterocycles. The van der Waals surface area contributed by atoms with Gasteiger partial charge in [0.2, 0.25) is 0 Å². The summed E-state index contributed by atoms with van der Waals surface area (Å²) in [6.07, 6.45) is 12.0. The summed E-state index contributed by atoms with van der Waals surface area (Å²) in [7, 11) is 0. The van der Waals surface area contributed by atoms with E-state index in [0.29, 0.717) is 5.92 Å². The summed E-state index contributed by atoms with van der Waals surface area (Å²) in [6.45, 7) is 2.10. The van der Waals surface area contributed by atoms with Crippen LogP contribution in [0.4, 0.5) is 0 Å². The van der Waals surface area contributed by atoms with Gasteiger partial charge in [-0.25, -0.2) is 0 Å². The predicted octanol–water partition coefficient (Wildman–Crippen LogP) is 2.34. The molecule has 0 nitrogen and oxygen atoms in total. The van der Waals surface area contributed by atoms with Crippen LogP contribution < -0.4 is 0 Å². The average Bonchev–Trinajstić information content (AvgIpc) is 2.19. The predicted molar refractivity (Wildman–Crippen MR) is 36.4 cm³/mol. The molecule has 1 rings (SSSR count). The molecule has 1 aliphatic carbocycles. The molecule has 0 saturated carbocycles. The van der Waals surface area contributed by atoms with Gasteiger partial charge in [-0.1, -0.05) is 31.2 Å². The Morgan fingerprint density at radius 1 is 1.33 bits per heavy atom. The van der Waals surface area contributed by atoms with Crippen LogP contribution in [-0.4, -0.2) is 0 Å². The second-order valence-corrected chi connectivity index (χ2v) is 2.08. The zero-order valence-corrected chi connectivity index (χ0v) is 7.23. The van der Waals surface area contributed by atoms with Gasteiger partial charge in [0.25, 0.3) is 0 Å². The summed E-state index contributed by atoms with van der Waals surface area (Å²) < 4.78 is 0. The second kappa shape index (κ2) is 5.02. The Hall–Kier alpha value is 0.194. The van der Waals surface area contributed by atoms with Gasteiger partial charge >= 0.3 is 0 Å². The monoisotopic (exact) mass is 155 g/mol. The van der Waals surface area contributed by atoms with E-state index in [1.165, 1.54) is 6.42 Å². The fourth-order valence-electron chi connectivity index (χ4n) is 0.907. The Balaban J connectivity index is 0.000000640. The molecule has 0 heterocycles. The van der Waals surface area contributed by atoms with Gasteiger partial charge in [0, 0.05) is 21.7 Å². The molecule has 0 unspecified atom stereocenters. The van der Waals surface area contributed by atoms with Gasteiger partial charge in [-0.2, -0.15) is 0 Å². The zero-order valence-electron chi connectivity index (χ0n) is 5.67. The van der Waals surface area contributed by atoms with Crippen LogP contribution in [0.15, 0.2) is 24.3 Å². The van der Waals surface area contributed by atoms with Crippen molar-refractivity contribution in [2.45, 2.75) is 13.3 Å². The third-order valence-corrected chi connectivity index (χ3v) is 1.34. The fraction of sp³-hybridized carbons (Fsp3) is 0.375. The standard InChI is InChI=1S/C8H11.Ti/c1-2-5-8-6-3-4-7-8;/h2-4,6-8H,5H2,1H3;. The fourth-order valence-corrected chi connectivity index (χ4v) is 0.907. The zero-order chi connectivity index (χ0) is 5.82. The van der Waals surface area contributed by atoms with E-state index < -0.39 is 0 Å². The second-order valence-electron chi connectivity index (χ2n) is 2.08. The molecule has 1 radical (unpaired) electrons. The maximum atomic E-state index is 2.22. The summed E-state index contributed by atoms with van der Waals surface area (Å²) in [4.78, 5) is 0. The van der Waals surface area contributed by atoms with E-state index >= 15 is 0 Å². The molecule has 0 aromatic carbocycles. The van der Waals surface area contributed by atoms with E-state index in [4.69, 9.17) is 0 Å². The first-order valence-electron chi connectivity index (χ1n) is 3.06. The van der Waals surface area contributed by atoms with Crippen LogP contribution in [0.5, 0.6) is 0 Å². The van der Waals surface area contributed by atoms with Crippen LogP contribution in [0, 0.1) is 12.3 Å². The molecular weight excluding hydrogens is 144 g/mol. The Labute approximate surface area is 71.9 Å². The quantitative estimate of drug-likeness (QED) is 0.537. The first-order chi connectivity index (χ1) is 3.93. The van der Waals surface area contributed by atoms with Gasteiger partial charge < -0.3 is 0 Å². The molecule has 0 atom stereocenters. The first-order valence-corrected chi connectivity index (χ1v) is 3.06. The van der Waals surface area contributed by atoms with E-state index in [9.17, 15) is 0 Å². The van der Waals surface area contributed by atoms with Gasteiger partial charge in [0.1, 0.15) is 0 Å². The van der Waals surface area contributed by atoms with Crippen LogP contribution >= 0.6 is 0 Å². The van der Waals surface area contributed by atoms with Crippen LogP contribution in [0.2, 0.25) is 0 Å². The van der Waals surface area contributed by atoms with Crippen molar-refractivity contribution in [3.05, 3.63) is 30.7 Å². The van der Waals surface area contributed by atoms with Crippen molar-refractivity contribution >= 4 is 0 Å². The molecule has 0 N–H and O–H groups in total. The number of rotatable bonds is 2. The van der Waals surface area contributed by atoms with Crippen LogP contribution in [0.1, 0.15) is 13.3 Å². The van der Waals surface area contributed by atoms with E-state index in [1.54, 1.807) is 0 Å². The molecule has 0 aromatic rings. The van der Waals surface area contributed by atoms with Crippen molar-refractivity contribution in [1.29, 1.82) is 0 Å². The first kappa shape index (κ1) is 9.19. The molecule has 0 spiro atoms. The van der Waals surface area contributed by atoms with Crippen molar-refractivity contribution < 1.29 is 21.7 Å². The SMILES string of the molecule is C[CH]CC1C=CC=C1.[Ti]. The van der Waals surface area contributed by atoms with Gasteiger partial charge in [-0.05, 0) is 18.8 Å². The van der Waals surface area contributed by atoms with E-state index in [2.05, 4.69) is 37.6 Å². The maximum Gasteiger partial charge on any atom is 0 e. The van der Waals surface area contributed by atoms with Crippen molar-refractivity contribution in [1.82, 2.24) is 0 Å². The Morgan fingerprint density at radius 3 is 2.33 bits per heavy atom. The third-order valence-electron chi connectivity index (χ3n) is 1.34. The molecule has 47 valence electrons. The van der Waals surface area contributed by atoms with Crippen LogP contribution in [0.3, 0.4) is 0 Å². The summed E-state index contributed by atoms with van der Waals surface area (Å²) >= 11 is 0. The van der Waals surface area contributed by atoms with Crippen molar-refractivity contribution in [3.8, 4) is 0 Å². The number of allylic oxidation sites excluding steroid dienone is 4. The molecule has 9 heavy (non-hydrogen) atoms. The van der Waals surface area contributed by atoms with Gasteiger partial charge in [-0.15, -0.1) is 0 Å². The Morgan fingerprint density at radius 2 is 1.89 bits per heavy atom. The largest absolute Gasteiger partial charge is 0.0776 e. The summed E-state index contributed by atoms with van der Waals surface area (Å²) in [5.74, 6) is 0.694. The summed E-state index contributed by atoms with van der Waals surface area (Å²) in [5, 5.41) is 0. The minimum absolute atomic E-state index is 0. The van der Waals surface area contributed by atoms with Gasteiger partial charge in [-0.3, -0.25) is 0 Å². The summed E-state index contributed by atoms with van der Waals surface area (Å²) in [5.41, 5.74) is 0. The van der Waals surface area contributed by atoms with E-state index in [1.807, 2.05) is 0 Å². The van der Waals surface area contributed by atoms with Crippen LogP contribution in [-0.2, 0) is 21.7 Å². The molecule has 1 heteroatoms. The molecular formula is C8H11Ti. The van der Waals surface area contributed by atoms with Gasteiger partial charge in [0.05, 0.1) is 0 Å². The minimum Gasteiger partial charge on any atom is -0.0776 e. The molecule has 0 amide bonds. The Kier molecular flexibility index (Phi) is 5.13. The number of hydrogen-bond donors (Lipinski definition) is 0. The normalized spacial score (nSPS) is 16.1. The van der Waals surface area contributed by atoms with Crippen LogP contribution in [0.25, 0.3) is 0 Å². The topological polar surface area (TPSA) is 0 Å². The third kappa shape index (κ3) is 3.03. The molecule has 0 saturated heterocycles. The van der Waals surface area contributed by atoms with E-state index in [-0.39, 0.29) is 21.7 Å². The molecule has 0 fully saturated rings. The summed E-state index contributed by atoms with van der Waals surface area (Å²) in [6, 6.07) is 0. The molecule has 1 aliphatic rings. The van der Waals surface area contributed by atoms with E-state index in [0.717, 1.165) is 0 Å². The smallest absolute Gasteiger partial charge is 0 e. The maximum absolute atomic E-state index is 2.22.